The van der Waals surface area contributed by atoms with Gasteiger partial charge < -0.3 is 10.5 Å². The van der Waals surface area contributed by atoms with Gasteiger partial charge in [-0.05, 0) is 43.4 Å². The molecule has 0 saturated carbocycles. The van der Waals surface area contributed by atoms with E-state index in [2.05, 4.69) is 43.0 Å². The highest BCUT2D eigenvalue weighted by atomic mass is 16.5. The predicted molar refractivity (Wildman–Crippen MR) is 83.5 cm³/mol. The average Bonchev–Trinajstić information content (AvgIpc) is 2.46. The molecule has 1 aliphatic rings. The van der Waals surface area contributed by atoms with Crippen molar-refractivity contribution in [3.05, 3.63) is 35.4 Å². The summed E-state index contributed by atoms with van der Waals surface area (Å²) in [5.74, 6) is 0.755. The van der Waals surface area contributed by atoms with Gasteiger partial charge in [-0.2, -0.15) is 0 Å². The van der Waals surface area contributed by atoms with Crippen LogP contribution in [0.5, 0.6) is 0 Å². The van der Waals surface area contributed by atoms with Crippen LogP contribution in [0.3, 0.4) is 0 Å². The van der Waals surface area contributed by atoms with Crippen molar-refractivity contribution in [1.82, 2.24) is 4.90 Å². The molecule has 0 amide bonds. The summed E-state index contributed by atoms with van der Waals surface area (Å²) in [6, 6.07) is 9.66. The zero-order chi connectivity index (χ0) is 14.5. The molecule has 1 aliphatic heterocycles. The summed E-state index contributed by atoms with van der Waals surface area (Å²) < 4.78 is 5.17. The van der Waals surface area contributed by atoms with E-state index in [9.17, 15) is 0 Å². The lowest BCUT2D eigenvalue weighted by Gasteiger charge is -2.42. The SMILES string of the molecule is COCc1ccc(C(CN)N2CCCC(C)C2C)cc1. The van der Waals surface area contributed by atoms with Gasteiger partial charge in [0.15, 0.2) is 0 Å². The molecule has 2 N–H and O–H groups in total. The number of rotatable bonds is 5. The third-order valence-electron chi connectivity index (χ3n) is 4.72. The molecule has 3 heteroatoms. The van der Waals surface area contributed by atoms with Crippen molar-refractivity contribution in [1.29, 1.82) is 0 Å². The molecule has 1 saturated heterocycles. The summed E-state index contributed by atoms with van der Waals surface area (Å²) in [4.78, 5) is 2.58. The van der Waals surface area contributed by atoms with Crippen LogP contribution >= 0.6 is 0 Å². The quantitative estimate of drug-likeness (QED) is 0.898. The molecule has 0 spiro atoms. The molecule has 3 unspecified atom stereocenters. The number of hydrogen-bond acceptors (Lipinski definition) is 3. The molecule has 3 atom stereocenters. The van der Waals surface area contributed by atoms with Gasteiger partial charge in [0.05, 0.1) is 6.61 Å². The molecule has 2 rings (SSSR count). The van der Waals surface area contributed by atoms with Crippen molar-refractivity contribution in [2.24, 2.45) is 11.7 Å². The van der Waals surface area contributed by atoms with Gasteiger partial charge in [0, 0.05) is 25.7 Å². The lowest BCUT2D eigenvalue weighted by Crippen LogP contribution is -2.46. The first-order valence-corrected chi connectivity index (χ1v) is 7.71. The Bertz CT molecular complexity index is 404. The number of nitrogens with zero attached hydrogens (tertiary/aromatic N) is 1. The fourth-order valence-electron chi connectivity index (χ4n) is 3.27. The molecule has 1 aromatic carbocycles. The van der Waals surface area contributed by atoms with Crippen LogP contribution in [-0.2, 0) is 11.3 Å². The van der Waals surface area contributed by atoms with Gasteiger partial charge in [-0.3, -0.25) is 4.90 Å². The van der Waals surface area contributed by atoms with Crippen LogP contribution in [-0.4, -0.2) is 31.1 Å². The normalized spacial score (nSPS) is 25.6. The number of methoxy groups -OCH3 is 1. The van der Waals surface area contributed by atoms with Crippen molar-refractivity contribution in [3.63, 3.8) is 0 Å². The highest BCUT2D eigenvalue weighted by Crippen LogP contribution is 2.31. The second-order valence-corrected chi connectivity index (χ2v) is 6.02. The van der Waals surface area contributed by atoms with Crippen LogP contribution in [0.1, 0.15) is 43.9 Å². The first-order valence-electron chi connectivity index (χ1n) is 7.71. The second-order valence-electron chi connectivity index (χ2n) is 6.02. The Labute approximate surface area is 123 Å². The van der Waals surface area contributed by atoms with E-state index in [1.54, 1.807) is 7.11 Å². The molecule has 3 nitrogen and oxygen atoms in total. The Morgan fingerprint density at radius 2 is 2.00 bits per heavy atom. The van der Waals surface area contributed by atoms with Gasteiger partial charge in [0.2, 0.25) is 0 Å². The maximum atomic E-state index is 6.07. The Morgan fingerprint density at radius 1 is 1.30 bits per heavy atom. The standard InChI is InChI=1S/C17H28N2O/c1-13-5-4-10-19(14(13)2)17(11-18)16-8-6-15(7-9-16)12-20-3/h6-9,13-14,17H,4-5,10-12,18H2,1-3H3. The first-order chi connectivity index (χ1) is 9.67. The van der Waals surface area contributed by atoms with Gasteiger partial charge in [-0.25, -0.2) is 0 Å². The molecule has 0 radical (unpaired) electrons. The van der Waals surface area contributed by atoms with E-state index < -0.39 is 0 Å². The number of likely N-dealkylation sites (tertiary alicyclic amines) is 1. The zero-order valence-corrected chi connectivity index (χ0v) is 13.0. The largest absolute Gasteiger partial charge is 0.380 e. The van der Waals surface area contributed by atoms with E-state index in [-0.39, 0.29) is 0 Å². The number of benzene rings is 1. The van der Waals surface area contributed by atoms with Gasteiger partial charge >= 0.3 is 0 Å². The fraction of sp³-hybridized carbons (Fsp3) is 0.647. The molecule has 112 valence electrons. The summed E-state index contributed by atoms with van der Waals surface area (Å²) in [5.41, 5.74) is 8.62. The van der Waals surface area contributed by atoms with Gasteiger partial charge in [0.1, 0.15) is 0 Å². The third kappa shape index (κ3) is 3.40. The number of piperidine rings is 1. The predicted octanol–water partition coefficient (Wildman–Crippen LogP) is 2.95. The van der Waals surface area contributed by atoms with Gasteiger partial charge in [-0.1, -0.05) is 31.2 Å². The maximum absolute atomic E-state index is 6.07. The highest BCUT2D eigenvalue weighted by Gasteiger charge is 2.30. The number of ether oxygens (including phenoxy) is 1. The fourth-order valence-corrected chi connectivity index (χ4v) is 3.27. The third-order valence-corrected chi connectivity index (χ3v) is 4.72. The molecule has 1 fully saturated rings. The second kappa shape index (κ2) is 7.21. The summed E-state index contributed by atoms with van der Waals surface area (Å²) in [6.45, 7) is 7.20. The van der Waals surface area contributed by atoms with Crippen LogP contribution in [0, 0.1) is 5.92 Å². The maximum Gasteiger partial charge on any atom is 0.0713 e. The molecule has 1 heterocycles. The lowest BCUT2D eigenvalue weighted by molar-refractivity contribution is 0.0709. The molecular formula is C17H28N2O. The minimum Gasteiger partial charge on any atom is -0.380 e. The first kappa shape index (κ1) is 15.5. The molecule has 0 aliphatic carbocycles. The van der Waals surface area contributed by atoms with E-state index in [0.29, 0.717) is 25.2 Å². The van der Waals surface area contributed by atoms with Crippen molar-refractivity contribution in [2.45, 2.75) is 45.4 Å². The van der Waals surface area contributed by atoms with Crippen molar-refractivity contribution >= 4 is 0 Å². The average molecular weight is 276 g/mol. The van der Waals surface area contributed by atoms with Gasteiger partial charge in [-0.15, -0.1) is 0 Å². The molecule has 20 heavy (non-hydrogen) atoms. The zero-order valence-electron chi connectivity index (χ0n) is 13.0. The van der Waals surface area contributed by atoms with E-state index in [4.69, 9.17) is 10.5 Å². The number of nitrogens with two attached hydrogens (primary N) is 1. The van der Waals surface area contributed by atoms with E-state index in [0.717, 1.165) is 12.5 Å². The summed E-state index contributed by atoms with van der Waals surface area (Å²) in [7, 11) is 1.73. The topological polar surface area (TPSA) is 38.5 Å². The minimum atomic E-state index is 0.337. The Morgan fingerprint density at radius 3 is 2.60 bits per heavy atom. The molecule has 1 aromatic rings. The highest BCUT2D eigenvalue weighted by molar-refractivity contribution is 5.25. The summed E-state index contributed by atoms with van der Waals surface area (Å²) in [6.07, 6.45) is 2.62. The van der Waals surface area contributed by atoms with Crippen LogP contribution in [0.4, 0.5) is 0 Å². The van der Waals surface area contributed by atoms with E-state index in [1.165, 1.54) is 24.0 Å². The molecular weight excluding hydrogens is 248 g/mol. The van der Waals surface area contributed by atoms with Crippen LogP contribution < -0.4 is 5.73 Å². The lowest BCUT2D eigenvalue weighted by atomic mass is 9.89. The number of hydrogen-bond donors (Lipinski definition) is 1. The van der Waals surface area contributed by atoms with Gasteiger partial charge in [0.25, 0.3) is 0 Å². The summed E-state index contributed by atoms with van der Waals surface area (Å²) in [5, 5.41) is 0. The van der Waals surface area contributed by atoms with E-state index >= 15 is 0 Å². The van der Waals surface area contributed by atoms with Crippen molar-refractivity contribution in [3.8, 4) is 0 Å². The Balaban J connectivity index is 2.14. The van der Waals surface area contributed by atoms with Crippen molar-refractivity contribution < 1.29 is 4.74 Å². The molecule has 0 aromatic heterocycles. The Kier molecular flexibility index (Phi) is 5.58. The monoisotopic (exact) mass is 276 g/mol. The van der Waals surface area contributed by atoms with Crippen LogP contribution in [0.25, 0.3) is 0 Å². The molecule has 0 bridgehead atoms. The minimum absolute atomic E-state index is 0.337. The van der Waals surface area contributed by atoms with Crippen molar-refractivity contribution in [2.75, 3.05) is 20.2 Å². The van der Waals surface area contributed by atoms with E-state index in [1.807, 2.05) is 0 Å². The summed E-state index contributed by atoms with van der Waals surface area (Å²) >= 11 is 0. The van der Waals surface area contributed by atoms with Crippen LogP contribution in [0.2, 0.25) is 0 Å². The Hall–Kier alpha value is -0.900. The smallest absolute Gasteiger partial charge is 0.0713 e. The van der Waals surface area contributed by atoms with Crippen LogP contribution in [0.15, 0.2) is 24.3 Å².